The van der Waals surface area contributed by atoms with Crippen LogP contribution in [-0.2, 0) is 30.1 Å². The number of fused-ring (bicyclic) bond motifs is 1. The van der Waals surface area contributed by atoms with E-state index in [1.807, 2.05) is 12.1 Å². The Labute approximate surface area is 365 Å². The quantitative estimate of drug-likeness (QED) is 0.146. The molecule has 3 saturated heterocycles. The van der Waals surface area contributed by atoms with Gasteiger partial charge in [-0.3, -0.25) is 29.0 Å². The van der Waals surface area contributed by atoms with Crippen LogP contribution >= 0.6 is 0 Å². The molecule has 4 fully saturated rings. The van der Waals surface area contributed by atoms with Crippen molar-refractivity contribution in [2.75, 3.05) is 84.4 Å². The van der Waals surface area contributed by atoms with Crippen molar-refractivity contribution in [3.05, 3.63) is 60.2 Å². The molecule has 0 bridgehead atoms. The first kappa shape index (κ1) is 45.6. The Kier molecular flexibility index (Phi) is 15.1. The Morgan fingerprint density at radius 3 is 2.03 bits per heavy atom. The number of halogens is 3. The van der Waals surface area contributed by atoms with E-state index in [0.717, 1.165) is 69.8 Å². The van der Waals surface area contributed by atoms with E-state index >= 15 is 0 Å². The third-order valence-electron chi connectivity index (χ3n) is 13.0. The lowest BCUT2D eigenvalue weighted by atomic mass is 9.81. The maximum atomic E-state index is 13.3. The van der Waals surface area contributed by atoms with E-state index in [1.165, 1.54) is 12.4 Å². The van der Waals surface area contributed by atoms with E-state index in [0.29, 0.717) is 63.8 Å². The van der Waals surface area contributed by atoms with E-state index in [2.05, 4.69) is 46.0 Å². The second kappa shape index (κ2) is 20.8. The molecule has 16 nitrogen and oxygen atoms in total. The number of carbonyl (C=O) groups is 5. The molecule has 19 heteroatoms. The lowest BCUT2D eigenvalue weighted by Crippen LogP contribution is -2.47. The van der Waals surface area contributed by atoms with Crippen LogP contribution in [-0.4, -0.2) is 149 Å². The molecule has 5 amide bonds. The van der Waals surface area contributed by atoms with E-state index < -0.39 is 23.7 Å². The number of nitrogens with one attached hydrogen (secondary N) is 4. The molecule has 3 aromatic rings. The summed E-state index contributed by atoms with van der Waals surface area (Å²) in [5, 5.41) is 12.3. The van der Waals surface area contributed by atoms with Crippen LogP contribution in [0.3, 0.4) is 0 Å². The molecular weight excluding hydrogens is 820 g/mol. The molecule has 1 aromatic carbocycles. The summed E-state index contributed by atoms with van der Waals surface area (Å²) in [6.07, 6.45) is 4.94. The molecule has 3 atom stereocenters. The van der Waals surface area contributed by atoms with E-state index in [1.54, 1.807) is 29.2 Å². The van der Waals surface area contributed by atoms with Gasteiger partial charge in [0, 0.05) is 102 Å². The lowest BCUT2D eigenvalue weighted by Gasteiger charge is -2.34. The average molecular weight is 878 g/mol. The van der Waals surface area contributed by atoms with Gasteiger partial charge >= 0.3 is 6.18 Å². The Morgan fingerprint density at radius 2 is 1.41 bits per heavy atom. The monoisotopic (exact) mass is 877 g/mol. The van der Waals surface area contributed by atoms with E-state index in [4.69, 9.17) is 0 Å². The Morgan fingerprint density at radius 1 is 0.778 bits per heavy atom. The first-order valence-electron chi connectivity index (χ1n) is 22.2. The molecule has 0 spiro atoms. The molecule has 1 aliphatic carbocycles. The fourth-order valence-electron chi connectivity index (χ4n) is 9.34. The second-order valence-electron chi connectivity index (χ2n) is 17.1. The van der Waals surface area contributed by atoms with Gasteiger partial charge in [-0.15, -0.1) is 0 Å². The third kappa shape index (κ3) is 11.6. The van der Waals surface area contributed by atoms with Crippen LogP contribution in [0.5, 0.6) is 0 Å². The van der Waals surface area contributed by atoms with Gasteiger partial charge in [0.25, 0.3) is 0 Å². The van der Waals surface area contributed by atoms with Crippen LogP contribution in [0.2, 0.25) is 0 Å². The summed E-state index contributed by atoms with van der Waals surface area (Å²) in [6.45, 7) is 7.73. The van der Waals surface area contributed by atoms with Gasteiger partial charge in [0.15, 0.2) is 0 Å². The minimum Gasteiger partial charge on any atom is -0.358 e. The number of rotatable bonds is 17. The number of nitrogens with zero attached hydrogens (tertiary/aromatic N) is 7. The molecule has 0 unspecified atom stereocenters. The van der Waals surface area contributed by atoms with Crippen LogP contribution in [0, 0.1) is 17.8 Å². The maximum absolute atomic E-state index is 13.3. The number of anilines is 1. The van der Waals surface area contributed by atoms with Crippen molar-refractivity contribution < 1.29 is 37.1 Å². The Bertz CT molecular complexity index is 2080. The second-order valence-corrected chi connectivity index (χ2v) is 17.1. The highest BCUT2D eigenvalue weighted by Gasteiger charge is 2.43. The minimum atomic E-state index is -4.53. The highest BCUT2D eigenvalue weighted by Crippen LogP contribution is 2.37. The molecule has 3 aliphatic heterocycles. The molecule has 4 N–H and O–H groups in total. The number of likely N-dealkylation sites (tertiary alicyclic amines) is 2. The number of hydrogen-bond acceptors (Lipinski definition) is 11. The molecule has 63 heavy (non-hydrogen) atoms. The number of piperazine rings is 1. The average Bonchev–Trinajstić information content (AvgIpc) is 3.79. The summed E-state index contributed by atoms with van der Waals surface area (Å²) in [4.78, 5) is 85.0. The van der Waals surface area contributed by atoms with Crippen LogP contribution in [0.1, 0.15) is 68.5 Å². The van der Waals surface area contributed by atoms with Gasteiger partial charge in [0.05, 0.1) is 23.0 Å². The number of carbonyl (C=O) groups excluding carboxylic acids is 5. The van der Waals surface area contributed by atoms with Crippen molar-refractivity contribution in [3.63, 3.8) is 0 Å². The Hall–Kier alpha value is -5.43. The number of benzene rings is 1. The summed E-state index contributed by atoms with van der Waals surface area (Å²) < 4.78 is 40.0. The Balaban J connectivity index is 0.715. The minimum absolute atomic E-state index is 0.0383. The molecule has 340 valence electrons. The predicted molar refractivity (Wildman–Crippen MR) is 228 cm³/mol. The number of pyridine rings is 1. The zero-order chi connectivity index (χ0) is 44.5. The fourth-order valence-corrected chi connectivity index (χ4v) is 9.34. The third-order valence-corrected chi connectivity index (χ3v) is 13.0. The van der Waals surface area contributed by atoms with Crippen LogP contribution in [0.15, 0.2) is 49.1 Å². The standard InChI is InChI=1S/C44H58F3N11O5/c1-55-37(59)26-34(38(55)31-5-2-13-48-27-31)42(62)50-15-4-18-57-23-21-56(22-24-57)17-3-14-49-40(60)29-6-8-30(9-7-29)41(61)51-16-20-58-19-12-36(43(58)63)54-39-33-25-32(44(45,46)47)10-11-35(33)52-28-53-39/h2,5,10-11,13,25,27-30,34,36,38H,3-4,6-9,12,14-24,26H2,1H3,(H,49,60)(H,50,62)(H,51,61)(H,52,53,54)/t29?,30?,34-,36-,38+/m0/s1. The van der Waals surface area contributed by atoms with Gasteiger partial charge in [0.2, 0.25) is 29.5 Å². The van der Waals surface area contributed by atoms with Gasteiger partial charge < -0.3 is 40.9 Å². The molecule has 4 aliphatic rings. The first-order chi connectivity index (χ1) is 30.4. The summed E-state index contributed by atoms with van der Waals surface area (Å²) in [5.41, 5.74) is 0.373. The van der Waals surface area contributed by atoms with Gasteiger partial charge in [-0.05, 0) is 87.9 Å². The van der Waals surface area contributed by atoms with Crippen molar-refractivity contribution in [2.24, 2.45) is 17.8 Å². The zero-order valence-electron chi connectivity index (χ0n) is 35.7. The number of hydrogen-bond donors (Lipinski definition) is 4. The zero-order valence-corrected chi connectivity index (χ0v) is 35.7. The topological polar surface area (TPSA) is 185 Å². The molecule has 2 aromatic heterocycles. The van der Waals surface area contributed by atoms with Crippen molar-refractivity contribution in [3.8, 4) is 0 Å². The first-order valence-corrected chi connectivity index (χ1v) is 22.2. The molecule has 0 radical (unpaired) electrons. The predicted octanol–water partition coefficient (Wildman–Crippen LogP) is 2.83. The highest BCUT2D eigenvalue weighted by atomic mass is 19.4. The van der Waals surface area contributed by atoms with Gasteiger partial charge in [-0.1, -0.05) is 6.07 Å². The molecule has 7 rings (SSSR count). The fraction of sp³-hybridized carbons (Fsp3) is 0.591. The van der Waals surface area contributed by atoms with Gasteiger partial charge in [-0.2, -0.15) is 13.2 Å². The smallest absolute Gasteiger partial charge is 0.358 e. The SMILES string of the molecule is CN1C(=O)C[C@H](C(=O)NCCCN2CCN(CCCNC(=O)C3CCC(C(=O)NCCN4CC[C@H](Nc5ncnc6ccc(C(F)(F)F)cc56)C4=O)CC3)CC2)[C@H]1c1cccnc1. The highest BCUT2D eigenvalue weighted by molar-refractivity contribution is 5.93. The number of alkyl halides is 3. The van der Waals surface area contributed by atoms with E-state index in [9.17, 15) is 37.1 Å². The largest absolute Gasteiger partial charge is 0.416 e. The molecule has 5 heterocycles. The number of amides is 5. The van der Waals surface area contributed by atoms with Gasteiger partial charge in [0.1, 0.15) is 18.2 Å². The van der Waals surface area contributed by atoms with E-state index in [-0.39, 0.29) is 71.6 Å². The lowest BCUT2D eigenvalue weighted by molar-refractivity contribution is -0.137. The maximum Gasteiger partial charge on any atom is 0.416 e. The van der Waals surface area contributed by atoms with Crippen molar-refractivity contribution in [1.82, 2.24) is 50.5 Å². The molecule has 1 saturated carbocycles. The number of aromatic nitrogens is 3. The summed E-state index contributed by atoms with van der Waals surface area (Å²) in [7, 11) is 1.74. The van der Waals surface area contributed by atoms with Crippen LogP contribution in [0.25, 0.3) is 10.9 Å². The van der Waals surface area contributed by atoms with Crippen LogP contribution < -0.4 is 21.3 Å². The van der Waals surface area contributed by atoms with Crippen molar-refractivity contribution >= 4 is 46.3 Å². The summed E-state index contributed by atoms with van der Waals surface area (Å²) >= 11 is 0. The summed E-state index contributed by atoms with van der Waals surface area (Å²) in [6, 6.07) is 5.98. The van der Waals surface area contributed by atoms with Crippen LogP contribution in [0.4, 0.5) is 19.0 Å². The van der Waals surface area contributed by atoms with Crippen molar-refractivity contribution in [1.29, 1.82) is 0 Å². The summed E-state index contributed by atoms with van der Waals surface area (Å²) in [5.74, 6) is -0.982. The van der Waals surface area contributed by atoms with Gasteiger partial charge in [-0.25, -0.2) is 9.97 Å². The molecular formula is C44H58F3N11O5. The van der Waals surface area contributed by atoms with Crippen molar-refractivity contribution in [2.45, 2.75) is 69.6 Å². The normalized spacial score (nSPS) is 23.6.